The molecule has 0 aliphatic carbocycles. The molecule has 2 aliphatic rings. The summed E-state index contributed by atoms with van der Waals surface area (Å²) in [5.74, 6) is -0.680. The molecule has 2 aromatic rings. The molecule has 0 bridgehead atoms. The fourth-order valence-electron chi connectivity index (χ4n) is 4.51. The van der Waals surface area contributed by atoms with Crippen LogP contribution in [0.3, 0.4) is 0 Å². The van der Waals surface area contributed by atoms with Gasteiger partial charge in [-0.3, -0.25) is 9.69 Å². The quantitative estimate of drug-likeness (QED) is 0.664. The standard InChI is InChI=1S/C24H31FN4O3S/c25-21-6-8-23(9-7-21)33(31,32)29(19-24(30)28-16-12-26-13-17-28)22-10-14-27(15-11-22)18-20-4-2-1-3-5-20/h1-9,22,26H,10-19H2. The highest BCUT2D eigenvalue weighted by Gasteiger charge is 2.36. The molecule has 0 aromatic heterocycles. The number of rotatable bonds is 7. The van der Waals surface area contributed by atoms with E-state index in [9.17, 15) is 17.6 Å². The van der Waals surface area contributed by atoms with Crippen molar-refractivity contribution in [2.45, 2.75) is 30.3 Å². The predicted molar refractivity (Wildman–Crippen MR) is 124 cm³/mol. The molecular formula is C24H31FN4O3S. The second-order valence-electron chi connectivity index (χ2n) is 8.63. The molecule has 0 atom stereocenters. The fraction of sp³-hybridized carbons (Fsp3) is 0.458. The van der Waals surface area contributed by atoms with E-state index in [0.29, 0.717) is 39.0 Å². The van der Waals surface area contributed by atoms with E-state index >= 15 is 0 Å². The number of nitrogens with zero attached hydrogens (tertiary/aromatic N) is 3. The van der Waals surface area contributed by atoms with E-state index in [1.807, 2.05) is 18.2 Å². The van der Waals surface area contributed by atoms with Gasteiger partial charge >= 0.3 is 0 Å². The maximum absolute atomic E-state index is 13.5. The highest BCUT2D eigenvalue weighted by molar-refractivity contribution is 7.89. The van der Waals surface area contributed by atoms with E-state index in [1.165, 1.54) is 22.0 Å². The topological polar surface area (TPSA) is 73.0 Å². The Balaban J connectivity index is 1.50. The van der Waals surface area contributed by atoms with Crippen molar-refractivity contribution in [2.24, 2.45) is 0 Å². The van der Waals surface area contributed by atoms with Crippen LogP contribution in [-0.2, 0) is 21.4 Å². The van der Waals surface area contributed by atoms with Gasteiger partial charge in [0.05, 0.1) is 11.4 Å². The third kappa shape index (κ3) is 5.97. The Morgan fingerprint density at radius 2 is 1.61 bits per heavy atom. The number of carbonyl (C=O) groups is 1. The minimum atomic E-state index is -3.94. The SMILES string of the molecule is O=C(CN(C1CCN(Cc2ccccc2)CC1)S(=O)(=O)c1ccc(F)cc1)N1CCNCC1. The molecule has 178 valence electrons. The first-order valence-corrected chi connectivity index (χ1v) is 12.9. The Morgan fingerprint density at radius 3 is 2.24 bits per heavy atom. The maximum Gasteiger partial charge on any atom is 0.243 e. The van der Waals surface area contributed by atoms with Gasteiger partial charge in [-0.15, -0.1) is 0 Å². The molecule has 9 heteroatoms. The lowest BCUT2D eigenvalue weighted by molar-refractivity contribution is -0.132. The van der Waals surface area contributed by atoms with Crippen LogP contribution in [-0.4, -0.2) is 80.3 Å². The van der Waals surface area contributed by atoms with Crippen molar-refractivity contribution in [3.63, 3.8) is 0 Å². The zero-order chi connectivity index (χ0) is 23.3. The molecule has 2 fully saturated rings. The van der Waals surface area contributed by atoms with E-state index in [0.717, 1.165) is 31.8 Å². The summed E-state index contributed by atoms with van der Waals surface area (Å²) in [6.45, 7) is 4.66. The third-order valence-electron chi connectivity index (χ3n) is 6.39. The van der Waals surface area contributed by atoms with Crippen molar-refractivity contribution < 1.29 is 17.6 Å². The average molecular weight is 475 g/mol. The first-order valence-electron chi connectivity index (χ1n) is 11.5. The van der Waals surface area contributed by atoms with Gasteiger partial charge in [0.15, 0.2) is 0 Å². The summed E-state index contributed by atoms with van der Waals surface area (Å²) in [4.78, 5) is 17.1. The van der Waals surface area contributed by atoms with Crippen LogP contribution in [0.4, 0.5) is 4.39 Å². The number of hydrogen-bond acceptors (Lipinski definition) is 5. The van der Waals surface area contributed by atoms with Gasteiger partial charge in [0.1, 0.15) is 5.82 Å². The number of piperidine rings is 1. The molecule has 7 nitrogen and oxygen atoms in total. The predicted octanol–water partition coefficient (Wildman–Crippen LogP) is 1.91. The van der Waals surface area contributed by atoms with Gasteiger partial charge in [-0.1, -0.05) is 30.3 Å². The largest absolute Gasteiger partial charge is 0.339 e. The average Bonchev–Trinajstić information content (AvgIpc) is 2.84. The summed E-state index contributed by atoms with van der Waals surface area (Å²) >= 11 is 0. The van der Waals surface area contributed by atoms with Crippen molar-refractivity contribution in [1.29, 1.82) is 0 Å². The normalized spacial score (nSPS) is 18.5. The molecule has 0 saturated carbocycles. The first-order chi connectivity index (χ1) is 15.9. The van der Waals surface area contributed by atoms with Gasteiger partial charge in [0.2, 0.25) is 15.9 Å². The Bertz CT molecular complexity index is 1020. The number of hydrogen-bond donors (Lipinski definition) is 1. The van der Waals surface area contributed by atoms with Crippen molar-refractivity contribution in [3.8, 4) is 0 Å². The Hall–Kier alpha value is -2.33. The van der Waals surface area contributed by atoms with Crippen LogP contribution in [0.5, 0.6) is 0 Å². The molecule has 2 aromatic carbocycles. The summed E-state index contributed by atoms with van der Waals surface area (Å²) in [6, 6.07) is 14.8. The van der Waals surface area contributed by atoms with E-state index in [1.54, 1.807) is 4.90 Å². The first kappa shape index (κ1) is 23.8. The van der Waals surface area contributed by atoms with Crippen LogP contribution >= 0.6 is 0 Å². The van der Waals surface area contributed by atoms with Gasteiger partial charge in [0, 0.05) is 51.9 Å². The highest BCUT2D eigenvalue weighted by atomic mass is 32.2. The van der Waals surface area contributed by atoms with Crippen LogP contribution in [0.15, 0.2) is 59.5 Å². The van der Waals surface area contributed by atoms with E-state index in [2.05, 4.69) is 22.3 Å². The number of benzene rings is 2. The van der Waals surface area contributed by atoms with Crippen LogP contribution in [0.25, 0.3) is 0 Å². The van der Waals surface area contributed by atoms with Crippen molar-refractivity contribution in [3.05, 3.63) is 66.0 Å². The number of likely N-dealkylation sites (tertiary alicyclic amines) is 1. The molecular weight excluding hydrogens is 443 g/mol. The fourth-order valence-corrected chi connectivity index (χ4v) is 6.14. The molecule has 0 unspecified atom stereocenters. The molecule has 2 heterocycles. The Labute approximate surface area is 195 Å². The zero-order valence-electron chi connectivity index (χ0n) is 18.7. The molecule has 0 spiro atoms. The van der Waals surface area contributed by atoms with Gasteiger partial charge < -0.3 is 10.2 Å². The molecule has 2 saturated heterocycles. The highest BCUT2D eigenvalue weighted by Crippen LogP contribution is 2.25. The van der Waals surface area contributed by atoms with Gasteiger partial charge in [-0.25, -0.2) is 12.8 Å². The molecule has 33 heavy (non-hydrogen) atoms. The van der Waals surface area contributed by atoms with Crippen LogP contribution < -0.4 is 5.32 Å². The van der Waals surface area contributed by atoms with Gasteiger partial charge in [-0.2, -0.15) is 4.31 Å². The molecule has 0 radical (unpaired) electrons. The van der Waals surface area contributed by atoms with E-state index in [4.69, 9.17) is 0 Å². The Morgan fingerprint density at radius 1 is 0.970 bits per heavy atom. The van der Waals surface area contributed by atoms with Crippen molar-refractivity contribution in [1.82, 2.24) is 19.4 Å². The van der Waals surface area contributed by atoms with Crippen molar-refractivity contribution >= 4 is 15.9 Å². The number of amides is 1. The van der Waals surface area contributed by atoms with Crippen LogP contribution in [0.1, 0.15) is 18.4 Å². The van der Waals surface area contributed by atoms with Gasteiger partial charge in [-0.05, 0) is 42.7 Å². The Kier molecular flexibility index (Phi) is 7.75. The van der Waals surface area contributed by atoms with Crippen LogP contribution in [0.2, 0.25) is 0 Å². The minimum absolute atomic E-state index is 0.0173. The second-order valence-corrected chi connectivity index (χ2v) is 10.5. The number of halogens is 1. The summed E-state index contributed by atoms with van der Waals surface area (Å²) in [7, 11) is -3.94. The van der Waals surface area contributed by atoms with E-state index < -0.39 is 15.8 Å². The smallest absolute Gasteiger partial charge is 0.243 e. The monoisotopic (exact) mass is 474 g/mol. The second kappa shape index (κ2) is 10.7. The number of nitrogens with one attached hydrogen (secondary N) is 1. The third-order valence-corrected chi connectivity index (χ3v) is 8.31. The molecule has 2 aliphatic heterocycles. The van der Waals surface area contributed by atoms with Crippen LogP contribution in [0, 0.1) is 5.82 Å². The number of piperazine rings is 1. The zero-order valence-corrected chi connectivity index (χ0v) is 19.5. The number of sulfonamides is 1. The summed E-state index contributed by atoms with van der Waals surface area (Å²) in [5, 5.41) is 3.21. The minimum Gasteiger partial charge on any atom is -0.339 e. The number of carbonyl (C=O) groups excluding carboxylic acids is 1. The van der Waals surface area contributed by atoms with Gasteiger partial charge in [0.25, 0.3) is 0 Å². The lowest BCUT2D eigenvalue weighted by Crippen LogP contribution is -2.53. The molecule has 1 amide bonds. The summed E-state index contributed by atoms with van der Waals surface area (Å²) in [5.41, 5.74) is 1.22. The summed E-state index contributed by atoms with van der Waals surface area (Å²) < 4.78 is 41.9. The molecule has 1 N–H and O–H groups in total. The molecule has 4 rings (SSSR count). The lowest BCUT2D eigenvalue weighted by atomic mass is 10.0. The van der Waals surface area contributed by atoms with E-state index in [-0.39, 0.29) is 23.4 Å². The summed E-state index contributed by atoms with van der Waals surface area (Å²) in [6.07, 6.45) is 1.28. The van der Waals surface area contributed by atoms with Crippen molar-refractivity contribution in [2.75, 3.05) is 45.8 Å². The maximum atomic E-state index is 13.5. The lowest BCUT2D eigenvalue weighted by Gasteiger charge is -2.38.